The Hall–Kier alpha value is -2.07. The number of ether oxygens (including phenoxy) is 1. The molecule has 102 valence electrons. The molecule has 2 aliphatic carbocycles. The van der Waals surface area contributed by atoms with Crippen LogP contribution in [0.2, 0.25) is 0 Å². The van der Waals surface area contributed by atoms with Crippen LogP contribution in [-0.4, -0.2) is 31.6 Å². The molecule has 20 heavy (non-hydrogen) atoms. The zero-order chi connectivity index (χ0) is 14.3. The second-order valence-electron chi connectivity index (χ2n) is 5.36. The highest BCUT2D eigenvalue weighted by atomic mass is 16.6. The van der Waals surface area contributed by atoms with E-state index in [2.05, 4.69) is 0 Å². The molecule has 3 atom stereocenters. The highest BCUT2D eigenvalue weighted by molar-refractivity contribution is 5.89. The minimum Gasteiger partial charge on any atom is -0.368 e. The summed E-state index contributed by atoms with van der Waals surface area (Å²) in [4.78, 5) is 34.2. The van der Waals surface area contributed by atoms with E-state index in [1.165, 1.54) is 0 Å². The van der Waals surface area contributed by atoms with Gasteiger partial charge in [-0.05, 0) is 11.1 Å². The normalized spacial score (nSPS) is 34.9. The number of fused-ring (bicyclic) bond motifs is 1. The van der Waals surface area contributed by atoms with Crippen LogP contribution in [0, 0.1) is 11.3 Å². The van der Waals surface area contributed by atoms with Crippen LogP contribution in [0.25, 0.3) is 0 Å². The van der Waals surface area contributed by atoms with Crippen molar-refractivity contribution >= 4 is 18.9 Å². The molecule has 0 radical (unpaired) electrons. The summed E-state index contributed by atoms with van der Waals surface area (Å²) < 4.78 is 5.32. The van der Waals surface area contributed by atoms with Gasteiger partial charge in [-0.15, -0.1) is 0 Å². The Morgan fingerprint density at radius 3 is 2.55 bits per heavy atom. The molecule has 3 rings (SSSR count). The molecule has 1 heterocycles. The summed E-state index contributed by atoms with van der Waals surface area (Å²) in [6, 6.07) is 0. The van der Waals surface area contributed by atoms with Crippen molar-refractivity contribution in [1.82, 2.24) is 0 Å². The second kappa shape index (κ2) is 4.49. The SMILES string of the molecule is CC12C(C=O)=CC=C(C3CO3)C1=C(C=O)C=CC2C=O. The highest BCUT2D eigenvalue weighted by Crippen LogP contribution is 2.52. The highest BCUT2D eigenvalue weighted by Gasteiger charge is 2.48. The number of carbonyl (C=O) groups is 3. The van der Waals surface area contributed by atoms with Crippen LogP contribution >= 0.6 is 0 Å². The first-order valence-corrected chi connectivity index (χ1v) is 6.49. The van der Waals surface area contributed by atoms with Crippen LogP contribution in [0.4, 0.5) is 0 Å². The lowest BCUT2D eigenvalue weighted by atomic mass is 9.59. The fourth-order valence-electron chi connectivity index (χ4n) is 3.13. The minimum absolute atomic E-state index is 0.0393. The van der Waals surface area contributed by atoms with Gasteiger partial charge in [-0.2, -0.15) is 0 Å². The van der Waals surface area contributed by atoms with Crippen LogP contribution in [0.5, 0.6) is 0 Å². The van der Waals surface area contributed by atoms with Crippen molar-refractivity contribution in [2.24, 2.45) is 11.3 Å². The zero-order valence-corrected chi connectivity index (χ0v) is 11.0. The summed E-state index contributed by atoms with van der Waals surface area (Å²) in [5.74, 6) is -0.458. The number of rotatable bonds is 4. The van der Waals surface area contributed by atoms with E-state index in [0.29, 0.717) is 17.8 Å². The second-order valence-corrected chi connectivity index (χ2v) is 5.36. The molecule has 3 aliphatic rings. The molecule has 3 unspecified atom stereocenters. The lowest BCUT2D eigenvalue weighted by molar-refractivity contribution is -0.112. The predicted molar refractivity (Wildman–Crippen MR) is 71.9 cm³/mol. The molecule has 1 aliphatic heterocycles. The van der Waals surface area contributed by atoms with E-state index in [1.54, 1.807) is 18.2 Å². The third-order valence-corrected chi connectivity index (χ3v) is 4.37. The van der Waals surface area contributed by atoms with E-state index in [9.17, 15) is 14.4 Å². The lowest BCUT2D eigenvalue weighted by Crippen LogP contribution is -2.38. The molecular formula is C16H14O4. The Morgan fingerprint density at radius 1 is 1.25 bits per heavy atom. The van der Waals surface area contributed by atoms with Gasteiger partial charge in [0.05, 0.1) is 6.61 Å². The largest absolute Gasteiger partial charge is 0.368 e. The van der Waals surface area contributed by atoms with Gasteiger partial charge in [-0.25, -0.2) is 0 Å². The number of aldehydes is 3. The molecule has 1 saturated heterocycles. The maximum atomic E-state index is 11.4. The molecule has 1 fully saturated rings. The monoisotopic (exact) mass is 270 g/mol. The van der Waals surface area contributed by atoms with Gasteiger partial charge in [0.1, 0.15) is 25.0 Å². The fourth-order valence-corrected chi connectivity index (χ4v) is 3.13. The maximum absolute atomic E-state index is 11.4. The Bertz CT molecular complexity index is 616. The van der Waals surface area contributed by atoms with E-state index in [1.807, 2.05) is 13.0 Å². The number of hydrogen-bond donors (Lipinski definition) is 0. The Morgan fingerprint density at radius 2 is 2.00 bits per heavy atom. The smallest absolute Gasteiger partial charge is 0.150 e. The summed E-state index contributed by atoms with van der Waals surface area (Å²) in [6.45, 7) is 2.45. The molecule has 4 heteroatoms. The summed E-state index contributed by atoms with van der Waals surface area (Å²) in [5, 5.41) is 0. The van der Waals surface area contributed by atoms with E-state index in [0.717, 1.165) is 30.0 Å². The topological polar surface area (TPSA) is 63.7 Å². The first kappa shape index (κ1) is 12.9. The molecule has 0 amide bonds. The molecule has 0 bridgehead atoms. The Kier molecular flexibility index (Phi) is 2.91. The van der Waals surface area contributed by atoms with Gasteiger partial charge in [-0.3, -0.25) is 9.59 Å². The van der Waals surface area contributed by atoms with E-state index < -0.39 is 11.3 Å². The first-order chi connectivity index (χ1) is 9.66. The molecule has 0 spiro atoms. The molecular weight excluding hydrogens is 256 g/mol. The molecule has 0 aromatic carbocycles. The van der Waals surface area contributed by atoms with Crippen molar-refractivity contribution in [2.75, 3.05) is 6.61 Å². The molecule has 4 nitrogen and oxygen atoms in total. The van der Waals surface area contributed by atoms with Crippen LogP contribution in [0.15, 0.2) is 46.6 Å². The summed E-state index contributed by atoms with van der Waals surface area (Å²) in [6.07, 6.45) is 9.22. The Balaban J connectivity index is 2.27. The van der Waals surface area contributed by atoms with Gasteiger partial charge in [-0.1, -0.05) is 31.2 Å². The quantitative estimate of drug-likeness (QED) is 0.571. The predicted octanol–water partition coefficient (Wildman–Crippen LogP) is 1.34. The number of carbonyl (C=O) groups excluding carboxylic acids is 3. The van der Waals surface area contributed by atoms with Crippen LogP contribution < -0.4 is 0 Å². The van der Waals surface area contributed by atoms with Crippen molar-refractivity contribution < 1.29 is 19.1 Å². The maximum Gasteiger partial charge on any atom is 0.150 e. The molecule has 0 saturated carbocycles. The van der Waals surface area contributed by atoms with Crippen molar-refractivity contribution in [2.45, 2.75) is 13.0 Å². The van der Waals surface area contributed by atoms with Crippen LogP contribution in [0.3, 0.4) is 0 Å². The average Bonchev–Trinajstić information content (AvgIpc) is 3.29. The van der Waals surface area contributed by atoms with Crippen molar-refractivity contribution in [3.8, 4) is 0 Å². The van der Waals surface area contributed by atoms with Crippen molar-refractivity contribution in [3.05, 3.63) is 46.6 Å². The molecule has 0 aromatic rings. The van der Waals surface area contributed by atoms with E-state index in [4.69, 9.17) is 4.74 Å². The fraction of sp³-hybridized carbons (Fsp3) is 0.312. The number of hydrogen-bond acceptors (Lipinski definition) is 4. The molecule has 0 N–H and O–H groups in total. The van der Waals surface area contributed by atoms with Crippen molar-refractivity contribution in [3.63, 3.8) is 0 Å². The van der Waals surface area contributed by atoms with Gasteiger partial charge in [0.25, 0.3) is 0 Å². The zero-order valence-electron chi connectivity index (χ0n) is 11.0. The summed E-state index contributed by atoms with van der Waals surface area (Å²) in [7, 11) is 0. The summed E-state index contributed by atoms with van der Waals surface area (Å²) >= 11 is 0. The Labute approximate surface area is 116 Å². The van der Waals surface area contributed by atoms with Gasteiger partial charge in [0.2, 0.25) is 0 Å². The lowest BCUT2D eigenvalue weighted by Gasteiger charge is -2.42. The third-order valence-electron chi connectivity index (χ3n) is 4.37. The number of epoxide rings is 1. The summed E-state index contributed by atoms with van der Waals surface area (Å²) in [5.41, 5.74) is 1.89. The van der Waals surface area contributed by atoms with Gasteiger partial charge < -0.3 is 9.53 Å². The van der Waals surface area contributed by atoms with Gasteiger partial charge in [0.15, 0.2) is 0 Å². The van der Waals surface area contributed by atoms with Gasteiger partial charge >= 0.3 is 0 Å². The third kappa shape index (κ3) is 1.61. The average molecular weight is 270 g/mol. The van der Waals surface area contributed by atoms with Crippen molar-refractivity contribution in [1.29, 1.82) is 0 Å². The van der Waals surface area contributed by atoms with E-state index >= 15 is 0 Å². The van der Waals surface area contributed by atoms with Crippen LogP contribution in [-0.2, 0) is 19.1 Å². The standard InChI is InChI=1S/C16H14O4/c1-16-11(7-18)3-2-10(6-17)15(16)13(14-9-20-14)5-4-12(16)8-19/h2-8,11,14H,9H2,1H3. The number of allylic oxidation sites excluding steroid dienone is 6. The van der Waals surface area contributed by atoms with Crippen LogP contribution in [0.1, 0.15) is 6.92 Å². The minimum atomic E-state index is -0.787. The van der Waals surface area contributed by atoms with E-state index in [-0.39, 0.29) is 6.10 Å². The molecule has 0 aromatic heterocycles. The van der Waals surface area contributed by atoms with Gasteiger partial charge in [0, 0.05) is 22.5 Å². The first-order valence-electron chi connectivity index (χ1n) is 6.49.